The van der Waals surface area contributed by atoms with Crippen molar-refractivity contribution in [1.29, 1.82) is 0 Å². The Labute approximate surface area is 143 Å². The van der Waals surface area contributed by atoms with Crippen LogP contribution in [0.3, 0.4) is 0 Å². The molecule has 1 amide bonds. The third-order valence-corrected chi connectivity index (χ3v) is 4.39. The Morgan fingerprint density at radius 2 is 2.36 bits per heavy atom. The molecule has 3 N–H and O–H groups in total. The minimum atomic E-state index is -0.713. The van der Waals surface area contributed by atoms with Crippen LogP contribution in [0.1, 0.15) is 22.7 Å². The van der Waals surface area contributed by atoms with E-state index in [9.17, 15) is 9.90 Å². The molecular formula is C16H18N6O3. The first kappa shape index (κ1) is 15.6. The molecule has 130 valence electrons. The van der Waals surface area contributed by atoms with Crippen LogP contribution in [0, 0.1) is 6.92 Å². The SMILES string of the molecule is Cc1cc(C(=O)N[C@@H]2CCN(c3ncnc4[nH]ccc34)C[C@H]2O)no1. The second-order valence-corrected chi connectivity index (χ2v) is 6.14. The molecular weight excluding hydrogens is 324 g/mol. The summed E-state index contributed by atoms with van der Waals surface area (Å²) in [6.45, 7) is 2.76. The topological polar surface area (TPSA) is 120 Å². The molecule has 0 radical (unpaired) electrons. The van der Waals surface area contributed by atoms with Gasteiger partial charge in [0, 0.05) is 25.4 Å². The fraction of sp³-hybridized carbons (Fsp3) is 0.375. The summed E-state index contributed by atoms with van der Waals surface area (Å²) in [5.74, 6) is 1.01. The fourth-order valence-corrected chi connectivity index (χ4v) is 3.12. The van der Waals surface area contributed by atoms with E-state index in [1.807, 2.05) is 17.2 Å². The molecule has 4 rings (SSSR count). The molecule has 1 fully saturated rings. The molecule has 0 unspecified atom stereocenters. The van der Waals surface area contributed by atoms with Crippen molar-refractivity contribution in [2.24, 2.45) is 0 Å². The van der Waals surface area contributed by atoms with Gasteiger partial charge < -0.3 is 24.8 Å². The Morgan fingerprint density at radius 1 is 1.48 bits per heavy atom. The number of carbonyl (C=O) groups excluding carboxylic acids is 1. The zero-order valence-corrected chi connectivity index (χ0v) is 13.6. The zero-order valence-electron chi connectivity index (χ0n) is 13.6. The second-order valence-electron chi connectivity index (χ2n) is 6.14. The van der Waals surface area contributed by atoms with Crippen LogP contribution in [0.15, 0.2) is 29.2 Å². The van der Waals surface area contributed by atoms with E-state index in [2.05, 4.69) is 25.4 Å². The Hall–Kier alpha value is -2.94. The molecule has 2 atom stereocenters. The van der Waals surface area contributed by atoms with Crippen LogP contribution in [-0.4, -0.2) is 56.4 Å². The molecule has 3 aromatic heterocycles. The number of nitrogens with zero attached hydrogens (tertiary/aromatic N) is 4. The van der Waals surface area contributed by atoms with Crippen molar-refractivity contribution in [3.05, 3.63) is 36.1 Å². The van der Waals surface area contributed by atoms with Crippen molar-refractivity contribution >= 4 is 22.8 Å². The third-order valence-electron chi connectivity index (χ3n) is 4.39. The number of hydrogen-bond acceptors (Lipinski definition) is 7. The van der Waals surface area contributed by atoms with Crippen molar-refractivity contribution in [3.8, 4) is 0 Å². The van der Waals surface area contributed by atoms with Crippen LogP contribution in [0.25, 0.3) is 11.0 Å². The highest BCUT2D eigenvalue weighted by Gasteiger charge is 2.31. The summed E-state index contributed by atoms with van der Waals surface area (Å²) in [7, 11) is 0. The molecule has 3 aromatic rings. The van der Waals surface area contributed by atoms with Crippen molar-refractivity contribution in [1.82, 2.24) is 25.4 Å². The van der Waals surface area contributed by atoms with Gasteiger partial charge in [-0.25, -0.2) is 9.97 Å². The molecule has 0 aromatic carbocycles. The molecule has 1 aliphatic rings. The van der Waals surface area contributed by atoms with Gasteiger partial charge in [-0.15, -0.1) is 0 Å². The smallest absolute Gasteiger partial charge is 0.273 e. The number of β-amino-alcohol motifs (C(OH)–C–C–N with tert-alkyl or cyclic N) is 1. The van der Waals surface area contributed by atoms with Crippen molar-refractivity contribution in [2.45, 2.75) is 25.5 Å². The van der Waals surface area contributed by atoms with Gasteiger partial charge in [0.2, 0.25) is 0 Å². The minimum Gasteiger partial charge on any atom is -0.389 e. The number of rotatable bonds is 3. The summed E-state index contributed by atoms with van der Waals surface area (Å²) < 4.78 is 4.91. The first-order valence-corrected chi connectivity index (χ1v) is 8.07. The number of carbonyl (C=O) groups is 1. The number of amides is 1. The van der Waals surface area contributed by atoms with Crippen LogP contribution >= 0.6 is 0 Å². The number of hydrogen-bond donors (Lipinski definition) is 3. The average Bonchev–Trinajstić information content (AvgIpc) is 3.25. The molecule has 0 bridgehead atoms. The number of anilines is 1. The van der Waals surface area contributed by atoms with Gasteiger partial charge in [-0.05, 0) is 19.4 Å². The number of fused-ring (bicyclic) bond motifs is 1. The highest BCUT2D eigenvalue weighted by Crippen LogP contribution is 2.25. The van der Waals surface area contributed by atoms with Crippen LogP contribution in [0.5, 0.6) is 0 Å². The van der Waals surface area contributed by atoms with Crippen LogP contribution < -0.4 is 10.2 Å². The molecule has 25 heavy (non-hydrogen) atoms. The lowest BCUT2D eigenvalue weighted by Gasteiger charge is -2.36. The van der Waals surface area contributed by atoms with Crippen LogP contribution in [0.2, 0.25) is 0 Å². The molecule has 1 aliphatic heterocycles. The molecule has 0 spiro atoms. The van der Waals surface area contributed by atoms with Gasteiger partial charge in [-0.2, -0.15) is 0 Å². The summed E-state index contributed by atoms with van der Waals surface area (Å²) in [6.07, 6.45) is 3.20. The first-order chi connectivity index (χ1) is 12.1. The van der Waals surface area contributed by atoms with E-state index in [1.165, 1.54) is 6.33 Å². The highest BCUT2D eigenvalue weighted by molar-refractivity contribution is 5.92. The second kappa shape index (κ2) is 6.17. The molecule has 9 nitrogen and oxygen atoms in total. The number of nitrogens with one attached hydrogen (secondary N) is 2. The van der Waals surface area contributed by atoms with Crippen molar-refractivity contribution in [3.63, 3.8) is 0 Å². The average molecular weight is 342 g/mol. The number of aryl methyl sites for hydroxylation is 1. The lowest BCUT2D eigenvalue weighted by Crippen LogP contribution is -2.54. The number of aromatic amines is 1. The van der Waals surface area contributed by atoms with Gasteiger partial charge in [0.1, 0.15) is 23.6 Å². The normalized spacial score (nSPS) is 20.8. The largest absolute Gasteiger partial charge is 0.389 e. The Kier molecular flexibility index (Phi) is 3.85. The van der Waals surface area contributed by atoms with Crippen LogP contribution in [-0.2, 0) is 0 Å². The molecule has 1 saturated heterocycles. The minimum absolute atomic E-state index is 0.219. The summed E-state index contributed by atoms with van der Waals surface area (Å²) >= 11 is 0. The quantitative estimate of drug-likeness (QED) is 0.638. The van der Waals surface area contributed by atoms with Crippen LogP contribution in [0.4, 0.5) is 5.82 Å². The number of piperidine rings is 1. The molecule has 0 saturated carbocycles. The summed E-state index contributed by atoms with van der Waals surface area (Å²) in [5, 5.41) is 17.9. The Bertz CT molecular complexity index is 904. The zero-order chi connectivity index (χ0) is 17.4. The predicted molar refractivity (Wildman–Crippen MR) is 89.2 cm³/mol. The molecule has 4 heterocycles. The van der Waals surface area contributed by atoms with Gasteiger partial charge in [0.15, 0.2) is 5.69 Å². The number of aliphatic hydroxyl groups is 1. The Balaban J connectivity index is 1.45. The maximum Gasteiger partial charge on any atom is 0.273 e. The monoisotopic (exact) mass is 342 g/mol. The predicted octanol–water partition coefficient (Wildman–Crippen LogP) is 0.624. The number of aromatic nitrogens is 4. The van der Waals surface area contributed by atoms with Gasteiger partial charge in [-0.3, -0.25) is 4.79 Å². The fourth-order valence-electron chi connectivity index (χ4n) is 3.12. The summed E-state index contributed by atoms with van der Waals surface area (Å²) in [4.78, 5) is 25.8. The molecule has 0 aliphatic carbocycles. The first-order valence-electron chi connectivity index (χ1n) is 8.07. The van der Waals surface area contributed by atoms with E-state index in [-0.39, 0.29) is 17.6 Å². The van der Waals surface area contributed by atoms with Gasteiger partial charge >= 0.3 is 0 Å². The Morgan fingerprint density at radius 3 is 3.12 bits per heavy atom. The third kappa shape index (κ3) is 2.93. The van der Waals surface area contributed by atoms with E-state index < -0.39 is 6.10 Å². The van der Waals surface area contributed by atoms with E-state index in [0.717, 1.165) is 16.9 Å². The maximum absolute atomic E-state index is 12.2. The standard InChI is InChI=1S/C16H18N6O3/c1-9-6-12(21-25-9)16(24)20-11-3-5-22(7-13(11)23)15-10-2-4-17-14(10)18-8-19-15/h2,4,6,8,11,13,23H,3,5,7H2,1H3,(H,20,24)(H,17,18,19)/t11-,13-/m1/s1. The van der Waals surface area contributed by atoms with E-state index >= 15 is 0 Å². The van der Waals surface area contributed by atoms with E-state index in [4.69, 9.17) is 4.52 Å². The number of H-pyrrole nitrogens is 1. The van der Waals surface area contributed by atoms with E-state index in [1.54, 1.807) is 13.0 Å². The lowest BCUT2D eigenvalue weighted by atomic mass is 10.0. The van der Waals surface area contributed by atoms with Crippen molar-refractivity contribution in [2.75, 3.05) is 18.0 Å². The van der Waals surface area contributed by atoms with Crippen molar-refractivity contribution < 1.29 is 14.4 Å². The maximum atomic E-state index is 12.2. The van der Waals surface area contributed by atoms with Gasteiger partial charge in [-0.1, -0.05) is 5.16 Å². The van der Waals surface area contributed by atoms with Gasteiger partial charge in [0.05, 0.1) is 17.5 Å². The summed E-state index contributed by atoms with van der Waals surface area (Å²) in [5.41, 5.74) is 0.980. The molecule has 9 heteroatoms. The number of aliphatic hydroxyl groups excluding tert-OH is 1. The lowest BCUT2D eigenvalue weighted by molar-refractivity contribution is 0.0790. The summed E-state index contributed by atoms with van der Waals surface area (Å²) in [6, 6.07) is 3.14. The van der Waals surface area contributed by atoms with Gasteiger partial charge in [0.25, 0.3) is 5.91 Å². The van der Waals surface area contributed by atoms with E-state index in [0.29, 0.717) is 25.3 Å². The highest BCUT2D eigenvalue weighted by atomic mass is 16.5.